The number of rotatable bonds is 4. The van der Waals surface area contributed by atoms with Crippen LogP contribution in [-0.2, 0) is 4.79 Å². The number of para-hydroxylation sites is 1. The normalized spacial score (nSPS) is 14.5. The van der Waals surface area contributed by atoms with Gasteiger partial charge in [-0.05, 0) is 69.2 Å². The van der Waals surface area contributed by atoms with Crippen molar-refractivity contribution in [3.63, 3.8) is 0 Å². The zero-order valence-corrected chi connectivity index (χ0v) is 19.4. The molecule has 2 amide bonds. The van der Waals surface area contributed by atoms with Gasteiger partial charge in [0, 0.05) is 46.2 Å². The average Bonchev–Trinajstić information content (AvgIpc) is 3.08. The van der Waals surface area contributed by atoms with Crippen LogP contribution in [0.2, 0.25) is 0 Å². The highest BCUT2D eigenvalue weighted by atomic mass is 79.9. The number of hydrogen-bond donors (Lipinski definition) is 1. The second-order valence-corrected chi connectivity index (χ2v) is 8.93. The number of hydrogen-bond acceptors (Lipinski definition) is 2. The highest BCUT2D eigenvalue weighted by Gasteiger charge is 2.29. The van der Waals surface area contributed by atoms with E-state index in [-0.39, 0.29) is 17.7 Å². The van der Waals surface area contributed by atoms with Crippen molar-refractivity contribution in [1.29, 1.82) is 0 Å². The number of carbonyl (C=O) groups is 2. The molecule has 4 rings (SSSR count). The molecule has 0 saturated carbocycles. The van der Waals surface area contributed by atoms with Crippen LogP contribution in [0.3, 0.4) is 0 Å². The molecule has 0 spiro atoms. The van der Waals surface area contributed by atoms with Gasteiger partial charge in [0.1, 0.15) is 0 Å². The monoisotopic (exact) mass is 479 g/mol. The number of nitrogens with one attached hydrogen (secondary N) is 1. The van der Waals surface area contributed by atoms with Gasteiger partial charge in [0.25, 0.3) is 5.91 Å². The maximum atomic E-state index is 13.2. The molecule has 1 aliphatic rings. The molecular formula is C25H26BrN3O2. The maximum absolute atomic E-state index is 13.2. The zero-order chi connectivity index (χ0) is 22.0. The molecular weight excluding hydrogens is 454 g/mol. The molecule has 6 heteroatoms. The molecule has 1 saturated heterocycles. The standard InChI is InChI=1S/C25H26BrN3O2/c1-17-16-23(18(2)29(17)22-10-8-20(26)9-11-22)25(31)28-14-12-19(13-15-28)24(30)27-21-6-4-3-5-7-21/h3-11,16,19H,12-15H2,1-2H3,(H,27,30). The molecule has 0 unspecified atom stereocenters. The molecule has 160 valence electrons. The lowest BCUT2D eigenvalue weighted by Crippen LogP contribution is -2.41. The number of carbonyl (C=O) groups excluding carboxylic acids is 2. The Morgan fingerprint density at radius 3 is 2.26 bits per heavy atom. The molecule has 1 aromatic heterocycles. The van der Waals surface area contributed by atoms with Crippen molar-refractivity contribution in [3.8, 4) is 5.69 Å². The van der Waals surface area contributed by atoms with Crippen LogP contribution in [0.25, 0.3) is 5.69 Å². The fourth-order valence-electron chi connectivity index (χ4n) is 4.25. The number of halogens is 1. The molecule has 1 aliphatic heterocycles. The Bertz CT molecular complexity index is 1080. The second-order valence-electron chi connectivity index (χ2n) is 8.02. The summed E-state index contributed by atoms with van der Waals surface area (Å²) in [5, 5.41) is 2.98. The lowest BCUT2D eigenvalue weighted by Gasteiger charge is -2.31. The predicted molar refractivity (Wildman–Crippen MR) is 127 cm³/mol. The molecule has 31 heavy (non-hydrogen) atoms. The summed E-state index contributed by atoms with van der Waals surface area (Å²) in [6, 6.07) is 19.5. The summed E-state index contributed by atoms with van der Waals surface area (Å²) in [4.78, 5) is 27.7. The van der Waals surface area contributed by atoms with E-state index in [1.807, 2.05) is 79.4 Å². The molecule has 0 bridgehead atoms. The number of amides is 2. The summed E-state index contributed by atoms with van der Waals surface area (Å²) in [7, 11) is 0. The maximum Gasteiger partial charge on any atom is 0.255 e. The molecule has 3 aromatic rings. The van der Waals surface area contributed by atoms with Gasteiger partial charge in [-0.3, -0.25) is 9.59 Å². The highest BCUT2D eigenvalue weighted by Crippen LogP contribution is 2.26. The number of piperidine rings is 1. The van der Waals surface area contributed by atoms with Gasteiger partial charge in [-0.15, -0.1) is 0 Å². The van der Waals surface area contributed by atoms with E-state index in [0.29, 0.717) is 25.9 Å². The summed E-state index contributed by atoms with van der Waals surface area (Å²) >= 11 is 3.47. The highest BCUT2D eigenvalue weighted by molar-refractivity contribution is 9.10. The Balaban J connectivity index is 1.43. The Kier molecular flexibility index (Phi) is 6.28. The molecule has 0 aliphatic carbocycles. The van der Waals surface area contributed by atoms with E-state index in [1.54, 1.807) is 0 Å². The third-order valence-corrected chi connectivity index (χ3v) is 6.47. The van der Waals surface area contributed by atoms with Crippen LogP contribution < -0.4 is 5.32 Å². The lowest BCUT2D eigenvalue weighted by atomic mass is 9.95. The summed E-state index contributed by atoms with van der Waals surface area (Å²) in [5.41, 5.74) is 4.54. The second kappa shape index (κ2) is 9.10. The summed E-state index contributed by atoms with van der Waals surface area (Å²) in [6.45, 7) is 5.19. The summed E-state index contributed by atoms with van der Waals surface area (Å²) in [6.07, 6.45) is 1.35. The fourth-order valence-corrected chi connectivity index (χ4v) is 4.51. The first-order chi connectivity index (χ1) is 14.9. The number of nitrogens with zero attached hydrogens (tertiary/aromatic N) is 2. The van der Waals surface area contributed by atoms with Crippen molar-refractivity contribution in [1.82, 2.24) is 9.47 Å². The van der Waals surface area contributed by atoms with Crippen molar-refractivity contribution in [2.75, 3.05) is 18.4 Å². The van der Waals surface area contributed by atoms with Gasteiger partial charge >= 0.3 is 0 Å². The van der Waals surface area contributed by atoms with E-state index in [9.17, 15) is 9.59 Å². The van der Waals surface area contributed by atoms with E-state index in [1.165, 1.54) is 0 Å². The van der Waals surface area contributed by atoms with Crippen molar-refractivity contribution >= 4 is 33.4 Å². The molecule has 0 radical (unpaired) electrons. The van der Waals surface area contributed by atoms with Gasteiger partial charge < -0.3 is 14.8 Å². The molecule has 1 N–H and O–H groups in total. The van der Waals surface area contributed by atoms with Crippen molar-refractivity contribution in [2.45, 2.75) is 26.7 Å². The number of benzene rings is 2. The smallest absolute Gasteiger partial charge is 0.255 e. The number of likely N-dealkylation sites (tertiary alicyclic amines) is 1. The van der Waals surface area contributed by atoms with Crippen LogP contribution in [0.15, 0.2) is 65.1 Å². The van der Waals surface area contributed by atoms with Crippen LogP contribution >= 0.6 is 15.9 Å². The molecule has 2 aromatic carbocycles. The average molecular weight is 480 g/mol. The first-order valence-electron chi connectivity index (χ1n) is 10.5. The zero-order valence-electron chi connectivity index (χ0n) is 17.8. The van der Waals surface area contributed by atoms with Crippen LogP contribution in [0.1, 0.15) is 34.6 Å². The van der Waals surface area contributed by atoms with Gasteiger partial charge in [0.2, 0.25) is 5.91 Å². The Labute approximate surface area is 191 Å². The number of aryl methyl sites for hydroxylation is 1. The lowest BCUT2D eigenvalue weighted by molar-refractivity contribution is -0.121. The van der Waals surface area contributed by atoms with Crippen LogP contribution in [0.4, 0.5) is 5.69 Å². The van der Waals surface area contributed by atoms with E-state index in [2.05, 4.69) is 25.8 Å². The minimum absolute atomic E-state index is 0.0340. The third-order valence-electron chi connectivity index (χ3n) is 5.94. The summed E-state index contributed by atoms with van der Waals surface area (Å²) in [5.74, 6) is 0.00421. The Morgan fingerprint density at radius 1 is 0.968 bits per heavy atom. The first kappa shape index (κ1) is 21.4. The first-order valence-corrected chi connectivity index (χ1v) is 11.3. The Hall–Kier alpha value is -2.86. The molecule has 1 fully saturated rings. The SMILES string of the molecule is Cc1cc(C(=O)N2CCC(C(=O)Nc3ccccc3)CC2)c(C)n1-c1ccc(Br)cc1. The molecule has 5 nitrogen and oxygen atoms in total. The largest absolute Gasteiger partial charge is 0.339 e. The van der Waals surface area contributed by atoms with E-state index in [0.717, 1.165) is 32.8 Å². The van der Waals surface area contributed by atoms with Gasteiger partial charge in [-0.25, -0.2) is 0 Å². The fraction of sp³-hybridized carbons (Fsp3) is 0.280. The van der Waals surface area contributed by atoms with Gasteiger partial charge in [-0.1, -0.05) is 34.1 Å². The predicted octanol–water partition coefficient (Wildman–Crippen LogP) is 5.35. The van der Waals surface area contributed by atoms with Gasteiger partial charge in [-0.2, -0.15) is 0 Å². The summed E-state index contributed by atoms with van der Waals surface area (Å²) < 4.78 is 3.13. The van der Waals surface area contributed by atoms with Gasteiger partial charge in [0.15, 0.2) is 0 Å². The van der Waals surface area contributed by atoms with E-state index in [4.69, 9.17) is 0 Å². The quantitative estimate of drug-likeness (QED) is 0.548. The Morgan fingerprint density at radius 2 is 1.61 bits per heavy atom. The topological polar surface area (TPSA) is 54.3 Å². The third kappa shape index (κ3) is 4.59. The van der Waals surface area contributed by atoms with Crippen molar-refractivity contribution in [2.24, 2.45) is 5.92 Å². The molecule has 2 heterocycles. The number of aromatic nitrogens is 1. The molecule has 0 atom stereocenters. The van der Waals surface area contributed by atoms with Crippen molar-refractivity contribution in [3.05, 3.63) is 82.1 Å². The van der Waals surface area contributed by atoms with Crippen LogP contribution in [0, 0.1) is 19.8 Å². The van der Waals surface area contributed by atoms with E-state index < -0.39 is 0 Å². The van der Waals surface area contributed by atoms with Crippen LogP contribution in [-0.4, -0.2) is 34.4 Å². The van der Waals surface area contributed by atoms with Crippen molar-refractivity contribution < 1.29 is 9.59 Å². The van der Waals surface area contributed by atoms with Gasteiger partial charge in [0.05, 0.1) is 5.56 Å². The minimum atomic E-state index is -0.0700. The minimum Gasteiger partial charge on any atom is -0.339 e. The van der Waals surface area contributed by atoms with Crippen LogP contribution in [0.5, 0.6) is 0 Å². The number of anilines is 1. The van der Waals surface area contributed by atoms with E-state index >= 15 is 0 Å².